The Morgan fingerprint density at radius 3 is 2.61 bits per heavy atom. The largest absolute Gasteiger partial charge is 0.367 e. The Kier molecular flexibility index (Phi) is 8.49. The van der Waals surface area contributed by atoms with Crippen LogP contribution >= 0.6 is 11.8 Å². The highest BCUT2D eigenvalue weighted by molar-refractivity contribution is 8.01. The van der Waals surface area contributed by atoms with Gasteiger partial charge in [0.15, 0.2) is 5.65 Å². The van der Waals surface area contributed by atoms with Crippen molar-refractivity contribution >= 4 is 40.4 Å². The Morgan fingerprint density at radius 2 is 1.91 bits per heavy atom. The minimum Gasteiger partial charge on any atom is -0.367 e. The minimum atomic E-state index is -0.551. The first-order valence-corrected chi connectivity index (χ1v) is 16.5. The standard InChI is InChI=1S/C32H42FN7O3S.3H2/c1-32(2,3)12-17-39-29(42)25(44-30(39)22-6-4-7-23(33)27(22)38-14-9-20(34)19-38)18-26(41)37-15-10-21(11-16-37)40-24-8-5-13-35-28(24)36-31(40)43;;;/h4-8,13,20-21,25,30H,9-12,14-19,34H2,1-3H3,(H,35,36,43);3*1H/t20?,25-,30-;;;/m0.../s1. The molecule has 1 aromatic carbocycles. The number of para-hydroxylation sites is 1. The van der Waals surface area contributed by atoms with E-state index in [0.29, 0.717) is 56.9 Å². The van der Waals surface area contributed by atoms with Gasteiger partial charge >= 0.3 is 5.69 Å². The number of carbonyl (C=O) groups excluding carboxylic acids is 2. The summed E-state index contributed by atoms with van der Waals surface area (Å²) in [5.41, 5.74) is 8.60. The second-order valence-corrected chi connectivity index (χ2v) is 14.8. The molecule has 2 aromatic heterocycles. The molecule has 10 nitrogen and oxygen atoms in total. The van der Waals surface area contributed by atoms with Crippen LogP contribution in [-0.2, 0) is 9.59 Å². The van der Waals surface area contributed by atoms with E-state index < -0.39 is 10.6 Å². The fourth-order valence-corrected chi connectivity index (χ4v) is 8.18. The molecule has 3 saturated heterocycles. The molecule has 3 aromatic rings. The number of fused-ring (bicyclic) bond motifs is 1. The monoisotopic (exact) mass is 629 g/mol. The molecule has 1 unspecified atom stereocenters. The Bertz CT molecular complexity index is 1610. The van der Waals surface area contributed by atoms with E-state index in [1.165, 1.54) is 17.8 Å². The number of carbonyl (C=O) groups is 2. The summed E-state index contributed by atoms with van der Waals surface area (Å²) in [5, 5.41) is -0.942. The van der Waals surface area contributed by atoms with Crippen molar-refractivity contribution in [2.75, 3.05) is 37.6 Å². The molecule has 12 heteroatoms. The molecule has 0 aliphatic carbocycles. The number of nitrogens with one attached hydrogen (secondary N) is 1. The zero-order valence-electron chi connectivity index (χ0n) is 25.7. The first kappa shape index (κ1) is 30.6. The lowest BCUT2D eigenvalue weighted by molar-refractivity contribution is -0.136. The van der Waals surface area contributed by atoms with Crippen molar-refractivity contribution in [3.8, 4) is 0 Å². The van der Waals surface area contributed by atoms with Gasteiger partial charge in [0.05, 0.1) is 16.5 Å². The predicted molar refractivity (Wildman–Crippen MR) is 177 cm³/mol. The summed E-state index contributed by atoms with van der Waals surface area (Å²) >= 11 is 1.46. The number of aromatic amines is 1. The van der Waals surface area contributed by atoms with Crippen molar-refractivity contribution in [3.05, 3.63) is 58.4 Å². The quantitative estimate of drug-likeness (QED) is 0.386. The second-order valence-electron chi connectivity index (χ2n) is 13.5. The van der Waals surface area contributed by atoms with Gasteiger partial charge in [0, 0.05) is 67.3 Å². The molecule has 2 amide bonds. The minimum absolute atomic E-state index is 0. The molecule has 242 valence electrons. The average molecular weight is 630 g/mol. The van der Waals surface area contributed by atoms with Gasteiger partial charge in [-0.2, -0.15) is 0 Å². The van der Waals surface area contributed by atoms with Crippen molar-refractivity contribution in [1.82, 2.24) is 24.3 Å². The zero-order valence-corrected chi connectivity index (χ0v) is 26.5. The maximum absolute atomic E-state index is 15.4. The fourth-order valence-electron chi connectivity index (χ4n) is 6.69. The van der Waals surface area contributed by atoms with Crippen molar-refractivity contribution < 1.29 is 18.3 Å². The lowest BCUT2D eigenvalue weighted by Crippen LogP contribution is -2.42. The number of nitrogens with zero attached hydrogens (tertiary/aromatic N) is 5. The summed E-state index contributed by atoms with van der Waals surface area (Å²) in [7, 11) is 0. The number of imidazole rings is 1. The summed E-state index contributed by atoms with van der Waals surface area (Å²) in [6.45, 7) is 9.20. The molecule has 3 aliphatic heterocycles. The lowest BCUT2D eigenvalue weighted by atomic mass is 9.92. The number of hydrogen-bond acceptors (Lipinski definition) is 7. The van der Waals surface area contributed by atoms with Crippen LogP contribution in [0.2, 0.25) is 0 Å². The van der Waals surface area contributed by atoms with Gasteiger partial charge in [-0.15, -0.1) is 11.8 Å². The van der Waals surface area contributed by atoms with Gasteiger partial charge in [-0.25, -0.2) is 14.2 Å². The van der Waals surface area contributed by atoms with E-state index in [1.54, 1.807) is 16.8 Å². The van der Waals surface area contributed by atoms with Gasteiger partial charge in [0.1, 0.15) is 11.2 Å². The van der Waals surface area contributed by atoms with E-state index in [4.69, 9.17) is 5.73 Å². The number of pyridine rings is 1. The number of benzene rings is 1. The molecule has 5 heterocycles. The van der Waals surface area contributed by atoms with Crippen LogP contribution in [-0.4, -0.2) is 80.2 Å². The van der Waals surface area contributed by atoms with Gasteiger partial charge in [-0.3, -0.25) is 19.1 Å². The Morgan fingerprint density at radius 1 is 1.14 bits per heavy atom. The summed E-state index contributed by atoms with van der Waals surface area (Å²) in [6, 6.07) is 8.72. The van der Waals surface area contributed by atoms with E-state index in [0.717, 1.165) is 23.9 Å². The predicted octanol–water partition coefficient (Wildman–Crippen LogP) is 4.77. The second kappa shape index (κ2) is 12.2. The van der Waals surface area contributed by atoms with E-state index in [1.807, 2.05) is 32.9 Å². The van der Waals surface area contributed by atoms with Crippen molar-refractivity contribution in [2.24, 2.45) is 11.1 Å². The van der Waals surface area contributed by atoms with E-state index in [2.05, 4.69) is 30.7 Å². The number of hydrogen-bond donors (Lipinski definition) is 2. The SMILES string of the molecule is CC(C)(C)CCN1C(=O)[C@H](CC(=O)N2CCC(n3c(=O)[nH]c4ncccc43)CC2)S[C@H]1c1cccc(F)c1N1CCC(N)C1.[HH].[HH].[HH]. The summed E-state index contributed by atoms with van der Waals surface area (Å²) < 4.78 is 17.1. The van der Waals surface area contributed by atoms with Crippen LogP contribution in [0.4, 0.5) is 10.1 Å². The molecule has 6 rings (SSSR count). The van der Waals surface area contributed by atoms with Crippen LogP contribution in [0.1, 0.15) is 74.1 Å². The maximum atomic E-state index is 15.4. The third kappa shape index (κ3) is 6.10. The van der Waals surface area contributed by atoms with E-state index in [9.17, 15) is 14.4 Å². The van der Waals surface area contributed by atoms with Gasteiger partial charge in [-0.05, 0) is 49.3 Å². The number of nitrogens with two attached hydrogens (primary N) is 1. The summed E-state index contributed by atoms with van der Waals surface area (Å²) in [5.74, 6) is -0.449. The highest BCUT2D eigenvalue weighted by Gasteiger charge is 2.44. The average Bonchev–Trinajstić information content (AvgIpc) is 3.65. The van der Waals surface area contributed by atoms with Gasteiger partial charge < -0.3 is 20.4 Å². The van der Waals surface area contributed by atoms with Gasteiger partial charge in [0.25, 0.3) is 0 Å². The highest BCUT2D eigenvalue weighted by Crippen LogP contribution is 2.48. The van der Waals surface area contributed by atoms with E-state index >= 15 is 4.39 Å². The molecule has 0 bridgehead atoms. The molecule has 3 N–H and O–H groups in total. The Labute approximate surface area is 265 Å². The summed E-state index contributed by atoms with van der Waals surface area (Å²) in [6.07, 6.45) is 4.60. The number of anilines is 1. The molecule has 0 radical (unpaired) electrons. The van der Waals surface area contributed by atoms with Crippen LogP contribution in [0, 0.1) is 11.2 Å². The molecule has 0 spiro atoms. The third-order valence-corrected chi connectivity index (χ3v) is 10.6. The molecule has 44 heavy (non-hydrogen) atoms. The molecule has 0 saturated carbocycles. The molecular weight excluding hydrogens is 581 g/mol. The van der Waals surface area contributed by atoms with Gasteiger partial charge in [-0.1, -0.05) is 32.9 Å². The number of H-pyrrole nitrogens is 1. The van der Waals surface area contributed by atoms with Crippen molar-refractivity contribution in [3.63, 3.8) is 0 Å². The topological polar surface area (TPSA) is 121 Å². The number of halogens is 1. The van der Waals surface area contributed by atoms with Crippen LogP contribution in [0.3, 0.4) is 0 Å². The normalized spacial score (nSPS) is 23.3. The van der Waals surface area contributed by atoms with E-state index in [-0.39, 0.29) is 51.5 Å². The number of rotatable bonds is 7. The van der Waals surface area contributed by atoms with Gasteiger partial charge in [0.2, 0.25) is 11.8 Å². The summed E-state index contributed by atoms with van der Waals surface area (Å²) in [4.78, 5) is 52.9. The zero-order chi connectivity index (χ0) is 31.2. The Balaban J connectivity index is 0.00000200. The lowest BCUT2D eigenvalue weighted by Gasteiger charge is -2.33. The van der Waals surface area contributed by atoms with Crippen molar-refractivity contribution in [2.45, 2.75) is 75.6 Å². The number of amides is 2. The Hall–Kier alpha value is -3.38. The highest BCUT2D eigenvalue weighted by atomic mass is 32.2. The smallest absolute Gasteiger partial charge is 0.327 e. The van der Waals surface area contributed by atoms with Crippen LogP contribution in [0.5, 0.6) is 0 Å². The fraction of sp³-hybridized carbons (Fsp3) is 0.562. The number of thioether (sulfide) groups is 1. The number of aromatic nitrogens is 3. The van der Waals surface area contributed by atoms with Crippen LogP contribution < -0.4 is 16.3 Å². The number of likely N-dealkylation sites (tertiary alicyclic amines) is 1. The first-order valence-electron chi connectivity index (χ1n) is 15.6. The first-order chi connectivity index (χ1) is 21.0. The maximum Gasteiger partial charge on any atom is 0.327 e. The number of piperidine rings is 1. The molecular formula is C32H48FN7O3S. The molecule has 3 aliphatic rings. The van der Waals surface area contributed by atoms with Crippen LogP contribution in [0.15, 0.2) is 41.3 Å². The third-order valence-electron chi connectivity index (χ3n) is 9.09. The molecule has 3 atom stereocenters. The van der Waals surface area contributed by atoms with Crippen LogP contribution in [0.25, 0.3) is 11.2 Å². The molecule has 3 fully saturated rings. The van der Waals surface area contributed by atoms with Crippen molar-refractivity contribution in [1.29, 1.82) is 0 Å².